The van der Waals surface area contributed by atoms with E-state index in [1.54, 1.807) is 49.4 Å². The van der Waals surface area contributed by atoms with Crippen LogP contribution in [0.3, 0.4) is 0 Å². The van der Waals surface area contributed by atoms with Crippen molar-refractivity contribution in [3.8, 4) is 0 Å². The molecule has 2 aromatic rings. The molecular weight excluding hydrogens is 417 g/mol. The number of rotatable bonds is 3. The Balaban J connectivity index is 1.84. The lowest BCUT2D eigenvalue weighted by molar-refractivity contribution is -0.133. The Morgan fingerprint density at radius 3 is 2.52 bits per heavy atom. The quantitative estimate of drug-likeness (QED) is 0.550. The second-order valence-electron chi connectivity index (χ2n) is 6.62. The molecule has 148 valence electrons. The number of methoxy groups -OCH3 is 1. The van der Waals surface area contributed by atoms with Gasteiger partial charge in [0.05, 0.1) is 18.5 Å². The van der Waals surface area contributed by atoms with Crippen molar-refractivity contribution in [2.75, 3.05) is 17.0 Å². The van der Waals surface area contributed by atoms with Gasteiger partial charge in [-0.3, -0.25) is 14.6 Å². The first kappa shape index (κ1) is 19.4. The number of ether oxygens (including phenoxy) is 1. The number of fused-ring (bicyclic) bond motifs is 1. The molecule has 1 saturated heterocycles. The predicted molar refractivity (Wildman–Crippen MR) is 109 cm³/mol. The number of hydrogen-bond acceptors (Lipinski definition) is 6. The van der Waals surface area contributed by atoms with Crippen molar-refractivity contribution in [1.82, 2.24) is 0 Å². The summed E-state index contributed by atoms with van der Waals surface area (Å²) in [6, 6.07) is 10.6. The van der Waals surface area contributed by atoms with Gasteiger partial charge in [-0.05, 0) is 42.8 Å². The van der Waals surface area contributed by atoms with Crippen molar-refractivity contribution in [2.45, 2.75) is 13.0 Å². The summed E-state index contributed by atoms with van der Waals surface area (Å²) in [5.74, 6) is -2.92. The van der Waals surface area contributed by atoms with Gasteiger partial charge in [0.2, 0.25) is 5.91 Å². The van der Waals surface area contributed by atoms with E-state index in [-0.39, 0.29) is 5.71 Å². The zero-order chi connectivity index (χ0) is 20.9. The lowest BCUT2D eigenvalue weighted by atomic mass is 9.98. The van der Waals surface area contributed by atoms with Gasteiger partial charge >= 0.3 is 5.97 Å². The Kier molecular flexibility index (Phi) is 4.80. The van der Waals surface area contributed by atoms with Crippen LogP contribution in [0.1, 0.15) is 5.56 Å². The molecule has 0 saturated carbocycles. The SMILES string of the molecule is COC(=O)C1=NN(c2cccc(Cl)c2)[C@H]2C(=O)N(c3cccc(Cl)c3C)C(=O)[C@@H]12. The summed E-state index contributed by atoms with van der Waals surface area (Å²) in [4.78, 5) is 40.0. The summed E-state index contributed by atoms with van der Waals surface area (Å²) in [5.41, 5.74) is 1.31. The monoisotopic (exact) mass is 431 g/mol. The highest BCUT2D eigenvalue weighted by Gasteiger charge is 2.59. The molecule has 7 nitrogen and oxygen atoms in total. The van der Waals surface area contributed by atoms with Crippen molar-refractivity contribution >= 4 is 58.1 Å². The van der Waals surface area contributed by atoms with Gasteiger partial charge in [-0.1, -0.05) is 35.3 Å². The molecule has 0 N–H and O–H groups in total. The molecular formula is C20H15Cl2N3O4. The molecule has 4 rings (SSSR count). The van der Waals surface area contributed by atoms with E-state index in [0.29, 0.717) is 27.0 Å². The van der Waals surface area contributed by atoms with E-state index in [1.165, 1.54) is 12.1 Å². The van der Waals surface area contributed by atoms with Crippen LogP contribution in [0.2, 0.25) is 10.0 Å². The first-order valence-electron chi connectivity index (χ1n) is 8.69. The zero-order valence-corrected chi connectivity index (χ0v) is 16.9. The van der Waals surface area contributed by atoms with Crippen molar-refractivity contribution < 1.29 is 19.1 Å². The second kappa shape index (κ2) is 7.17. The Hall–Kier alpha value is -2.90. The lowest BCUT2D eigenvalue weighted by Gasteiger charge is -2.23. The van der Waals surface area contributed by atoms with Crippen molar-refractivity contribution in [2.24, 2.45) is 11.0 Å². The summed E-state index contributed by atoms with van der Waals surface area (Å²) in [6.45, 7) is 1.72. The molecule has 2 amide bonds. The lowest BCUT2D eigenvalue weighted by Crippen LogP contribution is -2.39. The van der Waals surface area contributed by atoms with Crippen LogP contribution >= 0.6 is 23.2 Å². The third-order valence-electron chi connectivity index (χ3n) is 5.00. The maximum atomic E-state index is 13.3. The summed E-state index contributed by atoms with van der Waals surface area (Å²) < 4.78 is 4.79. The zero-order valence-electron chi connectivity index (χ0n) is 15.4. The second-order valence-corrected chi connectivity index (χ2v) is 7.46. The molecule has 0 radical (unpaired) electrons. The molecule has 0 aromatic heterocycles. The Morgan fingerprint density at radius 2 is 1.83 bits per heavy atom. The Morgan fingerprint density at radius 1 is 1.10 bits per heavy atom. The van der Waals surface area contributed by atoms with Crippen LogP contribution in [0, 0.1) is 12.8 Å². The van der Waals surface area contributed by atoms with Crippen LogP contribution in [0.4, 0.5) is 11.4 Å². The van der Waals surface area contributed by atoms with E-state index < -0.39 is 29.7 Å². The summed E-state index contributed by atoms with van der Waals surface area (Å²) in [6.07, 6.45) is 0. The molecule has 2 heterocycles. The van der Waals surface area contributed by atoms with Crippen molar-refractivity contribution in [3.05, 3.63) is 58.1 Å². The maximum Gasteiger partial charge on any atom is 0.355 e. The number of carbonyl (C=O) groups is 3. The van der Waals surface area contributed by atoms with E-state index in [9.17, 15) is 14.4 Å². The fraction of sp³-hybridized carbons (Fsp3) is 0.200. The van der Waals surface area contributed by atoms with Crippen LogP contribution < -0.4 is 9.91 Å². The average molecular weight is 432 g/mol. The summed E-state index contributed by atoms with van der Waals surface area (Å²) >= 11 is 12.3. The number of hydrazone groups is 1. The topological polar surface area (TPSA) is 79.3 Å². The van der Waals surface area contributed by atoms with Gasteiger partial charge in [0.15, 0.2) is 5.71 Å². The first-order chi connectivity index (χ1) is 13.8. The van der Waals surface area contributed by atoms with E-state index in [0.717, 1.165) is 4.90 Å². The minimum Gasteiger partial charge on any atom is -0.464 e. The van der Waals surface area contributed by atoms with Gasteiger partial charge in [-0.2, -0.15) is 5.10 Å². The average Bonchev–Trinajstić information content (AvgIpc) is 3.21. The Bertz CT molecular complexity index is 1090. The third-order valence-corrected chi connectivity index (χ3v) is 5.64. The van der Waals surface area contributed by atoms with E-state index >= 15 is 0 Å². The van der Waals surface area contributed by atoms with Gasteiger partial charge in [0.1, 0.15) is 12.0 Å². The van der Waals surface area contributed by atoms with Gasteiger partial charge in [0, 0.05) is 10.0 Å². The number of amides is 2. The number of nitrogens with zero attached hydrogens (tertiary/aromatic N) is 3. The molecule has 0 aliphatic carbocycles. The van der Waals surface area contributed by atoms with Gasteiger partial charge in [-0.15, -0.1) is 0 Å². The van der Waals surface area contributed by atoms with Crippen LogP contribution in [0.15, 0.2) is 47.6 Å². The number of anilines is 2. The van der Waals surface area contributed by atoms with Crippen LogP contribution in [0.25, 0.3) is 0 Å². The molecule has 9 heteroatoms. The molecule has 2 aliphatic heterocycles. The van der Waals surface area contributed by atoms with E-state index in [4.69, 9.17) is 27.9 Å². The number of imide groups is 1. The molecule has 2 aliphatic rings. The predicted octanol–water partition coefficient (Wildman–Crippen LogP) is 3.21. The highest BCUT2D eigenvalue weighted by molar-refractivity contribution is 6.47. The Labute approximate surface area is 176 Å². The highest BCUT2D eigenvalue weighted by Crippen LogP contribution is 2.40. The van der Waals surface area contributed by atoms with Gasteiger partial charge in [0.25, 0.3) is 5.91 Å². The van der Waals surface area contributed by atoms with Crippen LogP contribution in [-0.4, -0.2) is 36.6 Å². The number of benzene rings is 2. The smallest absolute Gasteiger partial charge is 0.355 e. The maximum absolute atomic E-state index is 13.3. The molecule has 0 unspecified atom stereocenters. The summed E-state index contributed by atoms with van der Waals surface area (Å²) in [5, 5.41) is 6.45. The van der Waals surface area contributed by atoms with Gasteiger partial charge in [-0.25, -0.2) is 9.69 Å². The number of halogens is 2. The number of carbonyl (C=O) groups excluding carboxylic acids is 3. The molecule has 0 spiro atoms. The van der Waals surface area contributed by atoms with Crippen molar-refractivity contribution in [1.29, 1.82) is 0 Å². The van der Waals surface area contributed by atoms with Crippen LogP contribution in [0.5, 0.6) is 0 Å². The van der Waals surface area contributed by atoms with Crippen LogP contribution in [-0.2, 0) is 19.1 Å². The minimum atomic E-state index is -1.09. The standard InChI is InChI=1S/C20H15Cl2N3O4/c1-10-13(22)7-4-8-14(10)24-18(26)15-16(20(28)29-2)23-25(17(15)19(24)27)12-6-3-5-11(21)9-12/h3-9,15,17H,1-2H3/t15-,17+/m0/s1. The normalized spacial score (nSPS) is 20.8. The minimum absolute atomic E-state index is 0.127. The summed E-state index contributed by atoms with van der Waals surface area (Å²) in [7, 11) is 1.20. The molecule has 2 atom stereocenters. The number of esters is 1. The number of hydrogen-bond donors (Lipinski definition) is 0. The molecule has 0 bridgehead atoms. The van der Waals surface area contributed by atoms with E-state index in [1.807, 2.05) is 0 Å². The largest absolute Gasteiger partial charge is 0.464 e. The van der Waals surface area contributed by atoms with E-state index in [2.05, 4.69) is 5.10 Å². The highest BCUT2D eigenvalue weighted by atomic mass is 35.5. The fourth-order valence-electron chi connectivity index (χ4n) is 3.60. The third kappa shape index (κ3) is 2.97. The van der Waals surface area contributed by atoms with Crippen molar-refractivity contribution in [3.63, 3.8) is 0 Å². The molecule has 1 fully saturated rings. The first-order valence-corrected chi connectivity index (χ1v) is 9.45. The van der Waals surface area contributed by atoms with Gasteiger partial charge < -0.3 is 4.74 Å². The molecule has 29 heavy (non-hydrogen) atoms. The fourth-order valence-corrected chi connectivity index (χ4v) is 3.95. The molecule has 2 aromatic carbocycles.